The Morgan fingerprint density at radius 2 is 2.15 bits per heavy atom. The molecule has 13 heavy (non-hydrogen) atoms. The Balaban J connectivity index is 2.33. The van der Waals surface area contributed by atoms with Crippen LogP contribution in [0.5, 0.6) is 0 Å². The maximum absolute atomic E-state index is 11.0. The van der Waals surface area contributed by atoms with E-state index in [4.69, 9.17) is 5.73 Å². The van der Waals surface area contributed by atoms with Crippen LogP contribution in [0, 0.1) is 5.92 Å². The molecule has 1 amide bonds. The first-order valence-electron chi connectivity index (χ1n) is 5.24. The minimum atomic E-state index is -0.219. The summed E-state index contributed by atoms with van der Waals surface area (Å²) in [6.07, 6.45) is 8.91. The van der Waals surface area contributed by atoms with E-state index in [-0.39, 0.29) is 5.91 Å². The molecule has 1 aliphatic carbocycles. The fourth-order valence-corrected chi connectivity index (χ4v) is 1.40. The highest BCUT2D eigenvalue weighted by atomic mass is 16.1. The second-order valence-electron chi connectivity index (χ2n) is 3.85. The number of carbonyl (C=O) groups is 1. The Bertz CT molecular complexity index is 204. The molecule has 0 saturated heterocycles. The summed E-state index contributed by atoms with van der Waals surface area (Å²) in [5, 5.41) is 0. The van der Waals surface area contributed by atoms with Gasteiger partial charge in [0, 0.05) is 5.57 Å². The minimum Gasteiger partial charge on any atom is -0.366 e. The molecule has 1 fully saturated rings. The van der Waals surface area contributed by atoms with Crippen LogP contribution in [0.1, 0.15) is 45.4 Å². The fourth-order valence-electron chi connectivity index (χ4n) is 1.40. The zero-order chi connectivity index (χ0) is 9.68. The summed E-state index contributed by atoms with van der Waals surface area (Å²) >= 11 is 0. The maximum Gasteiger partial charge on any atom is 0.244 e. The molecule has 74 valence electrons. The first-order chi connectivity index (χ1) is 6.24. The van der Waals surface area contributed by atoms with E-state index in [0.717, 1.165) is 18.4 Å². The largest absolute Gasteiger partial charge is 0.366 e. The molecule has 2 N–H and O–H groups in total. The van der Waals surface area contributed by atoms with E-state index >= 15 is 0 Å². The normalized spacial score (nSPS) is 17.5. The number of primary amides is 1. The van der Waals surface area contributed by atoms with Crippen molar-refractivity contribution in [2.24, 2.45) is 11.7 Å². The summed E-state index contributed by atoms with van der Waals surface area (Å²) in [7, 11) is 0. The molecule has 0 heterocycles. The van der Waals surface area contributed by atoms with Gasteiger partial charge < -0.3 is 5.73 Å². The second-order valence-corrected chi connectivity index (χ2v) is 3.85. The maximum atomic E-state index is 11.0. The van der Waals surface area contributed by atoms with E-state index in [1.165, 1.54) is 25.7 Å². The van der Waals surface area contributed by atoms with Gasteiger partial charge in [-0.1, -0.05) is 25.8 Å². The summed E-state index contributed by atoms with van der Waals surface area (Å²) in [6, 6.07) is 0. The van der Waals surface area contributed by atoms with Gasteiger partial charge in [-0.2, -0.15) is 0 Å². The molecule has 1 aliphatic rings. The highest BCUT2D eigenvalue weighted by Crippen LogP contribution is 2.32. The average molecular weight is 181 g/mol. The highest BCUT2D eigenvalue weighted by molar-refractivity contribution is 5.91. The number of nitrogens with two attached hydrogens (primary N) is 1. The zero-order valence-electron chi connectivity index (χ0n) is 8.38. The molecule has 2 heteroatoms. The molecule has 0 unspecified atom stereocenters. The molecule has 0 aliphatic heterocycles. The first kappa shape index (κ1) is 10.3. The highest BCUT2D eigenvalue weighted by Gasteiger charge is 2.20. The van der Waals surface area contributed by atoms with Gasteiger partial charge in [-0.25, -0.2) is 0 Å². The van der Waals surface area contributed by atoms with E-state index < -0.39 is 0 Å². The van der Waals surface area contributed by atoms with Crippen LogP contribution >= 0.6 is 0 Å². The fraction of sp³-hybridized carbons (Fsp3) is 0.727. The van der Waals surface area contributed by atoms with Gasteiger partial charge in [0.15, 0.2) is 0 Å². The molecule has 0 aromatic carbocycles. The predicted octanol–water partition coefficient (Wildman–Crippen LogP) is 2.39. The Morgan fingerprint density at radius 1 is 1.46 bits per heavy atom. The SMILES string of the molecule is CCCCC/C(=C/C1CC1)C(N)=O. The summed E-state index contributed by atoms with van der Waals surface area (Å²) in [6.45, 7) is 2.16. The van der Waals surface area contributed by atoms with Crippen LogP contribution in [0.3, 0.4) is 0 Å². The van der Waals surface area contributed by atoms with E-state index in [9.17, 15) is 4.79 Å². The zero-order valence-corrected chi connectivity index (χ0v) is 8.38. The molecular weight excluding hydrogens is 162 g/mol. The van der Waals surface area contributed by atoms with Crippen molar-refractivity contribution in [1.82, 2.24) is 0 Å². The van der Waals surface area contributed by atoms with E-state index in [1.807, 2.05) is 0 Å². The summed E-state index contributed by atoms with van der Waals surface area (Å²) < 4.78 is 0. The van der Waals surface area contributed by atoms with Crippen LogP contribution in [0.25, 0.3) is 0 Å². The van der Waals surface area contributed by atoms with Crippen molar-refractivity contribution in [2.75, 3.05) is 0 Å². The lowest BCUT2D eigenvalue weighted by Crippen LogP contribution is -2.14. The van der Waals surface area contributed by atoms with Crippen LogP contribution in [0.4, 0.5) is 0 Å². The molecule has 0 spiro atoms. The quantitative estimate of drug-likeness (QED) is 0.496. The Hall–Kier alpha value is -0.790. The smallest absolute Gasteiger partial charge is 0.244 e. The average Bonchev–Trinajstić information content (AvgIpc) is 2.86. The van der Waals surface area contributed by atoms with Crippen LogP contribution in [-0.4, -0.2) is 5.91 Å². The minimum absolute atomic E-state index is 0.219. The van der Waals surface area contributed by atoms with Crippen LogP contribution in [0.15, 0.2) is 11.6 Å². The van der Waals surface area contributed by atoms with Gasteiger partial charge in [0.05, 0.1) is 0 Å². The molecule has 0 atom stereocenters. The topological polar surface area (TPSA) is 43.1 Å². The third kappa shape index (κ3) is 4.11. The van der Waals surface area contributed by atoms with Crippen molar-refractivity contribution in [1.29, 1.82) is 0 Å². The summed E-state index contributed by atoms with van der Waals surface area (Å²) in [5.74, 6) is 0.437. The summed E-state index contributed by atoms with van der Waals surface area (Å²) in [4.78, 5) is 11.0. The van der Waals surface area contributed by atoms with Crippen molar-refractivity contribution in [3.63, 3.8) is 0 Å². The van der Waals surface area contributed by atoms with Crippen molar-refractivity contribution >= 4 is 5.91 Å². The number of carbonyl (C=O) groups excluding carboxylic acids is 1. The van der Waals surface area contributed by atoms with Gasteiger partial charge in [-0.15, -0.1) is 0 Å². The number of allylic oxidation sites excluding steroid dienone is 1. The molecule has 0 radical (unpaired) electrons. The summed E-state index contributed by atoms with van der Waals surface area (Å²) in [5.41, 5.74) is 6.15. The monoisotopic (exact) mass is 181 g/mol. The number of amides is 1. The Morgan fingerprint density at radius 3 is 2.62 bits per heavy atom. The van der Waals surface area contributed by atoms with Crippen LogP contribution < -0.4 is 5.73 Å². The second kappa shape index (κ2) is 5.05. The van der Waals surface area contributed by atoms with Crippen LogP contribution in [-0.2, 0) is 4.79 Å². The molecular formula is C11H19NO. The number of hydrogen-bond donors (Lipinski definition) is 1. The van der Waals surface area contributed by atoms with E-state index in [0.29, 0.717) is 5.92 Å². The number of rotatable bonds is 6. The molecule has 2 nitrogen and oxygen atoms in total. The Labute approximate surface area is 80.2 Å². The predicted molar refractivity (Wildman–Crippen MR) is 54.1 cm³/mol. The van der Waals surface area contributed by atoms with E-state index in [2.05, 4.69) is 13.0 Å². The third-order valence-electron chi connectivity index (χ3n) is 2.43. The van der Waals surface area contributed by atoms with Gasteiger partial charge in [0.2, 0.25) is 5.91 Å². The van der Waals surface area contributed by atoms with Crippen molar-refractivity contribution in [3.05, 3.63) is 11.6 Å². The van der Waals surface area contributed by atoms with Gasteiger partial charge in [-0.3, -0.25) is 4.79 Å². The van der Waals surface area contributed by atoms with Crippen molar-refractivity contribution < 1.29 is 4.79 Å². The first-order valence-corrected chi connectivity index (χ1v) is 5.24. The third-order valence-corrected chi connectivity index (χ3v) is 2.43. The van der Waals surface area contributed by atoms with Gasteiger partial charge in [0.25, 0.3) is 0 Å². The van der Waals surface area contributed by atoms with Gasteiger partial charge in [-0.05, 0) is 31.6 Å². The van der Waals surface area contributed by atoms with Gasteiger partial charge in [0.1, 0.15) is 0 Å². The van der Waals surface area contributed by atoms with E-state index in [1.54, 1.807) is 0 Å². The van der Waals surface area contributed by atoms with Crippen molar-refractivity contribution in [3.8, 4) is 0 Å². The standard InChI is InChI=1S/C11H19NO/c1-2-3-4-5-10(11(12)13)8-9-6-7-9/h8-9H,2-7H2,1H3,(H2,12,13)/b10-8-. The molecule has 0 aromatic rings. The lowest BCUT2D eigenvalue weighted by molar-refractivity contribution is -0.114. The number of unbranched alkanes of at least 4 members (excludes halogenated alkanes) is 2. The Kier molecular flexibility index (Phi) is 4.00. The van der Waals surface area contributed by atoms with Gasteiger partial charge >= 0.3 is 0 Å². The van der Waals surface area contributed by atoms with Crippen molar-refractivity contribution in [2.45, 2.75) is 45.4 Å². The molecule has 1 rings (SSSR count). The molecule has 0 bridgehead atoms. The lowest BCUT2D eigenvalue weighted by atomic mass is 10.1. The van der Waals surface area contributed by atoms with Crippen LogP contribution in [0.2, 0.25) is 0 Å². The molecule has 0 aromatic heterocycles. The molecule has 1 saturated carbocycles. The lowest BCUT2D eigenvalue weighted by Gasteiger charge is -2.01. The number of hydrogen-bond acceptors (Lipinski definition) is 1.